The molecule has 0 atom stereocenters. The van der Waals surface area contributed by atoms with E-state index in [0.29, 0.717) is 0 Å². The molecule has 2 rings (SSSR count). The molecule has 1 aromatic carbocycles. The minimum Gasteiger partial charge on any atom is -0.399 e. The lowest BCUT2D eigenvalue weighted by molar-refractivity contribution is -0.137. The molecule has 3 nitrogen and oxygen atoms in total. The van der Waals surface area contributed by atoms with Gasteiger partial charge in [0.2, 0.25) is 0 Å². The van der Waals surface area contributed by atoms with Crippen LogP contribution in [0.15, 0.2) is 18.2 Å². The van der Waals surface area contributed by atoms with Crippen molar-refractivity contribution in [3.8, 4) is 0 Å². The maximum atomic E-state index is 13.2. The van der Waals surface area contributed by atoms with Gasteiger partial charge in [-0.2, -0.15) is 13.2 Å². The monoisotopic (exact) mass is 330 g/mol. The van der Waals surface area contributed by atoms with Gasteiger partial charge in [0.1, 0.15) is 0 Å². The first kappa shape index (κ1) is 18.3. The normalized spacial score (nSPS) is 20.9. The van der Waals surface area contributed by atoms with Gasteiger partial charge in [-0.25, -0.2) is 0 Å². The number of benzene rings is 1. The SMILES string of the molecule is CC(C)(O)c1cc(B2OC(C)(C)C(C)(C)O2)cc(C(F)(F)F)c1. The molecule has 0 unspecified atom stereocenters. The third kappa shape index (κ3) is 3.57. The lowest BCUT2D eigenvalue weighted by atomic mass is 9.76. The molecule has 0 saturated carbocycles. The van der Waals surface area contributed by atoms with Gasteiger partial charge in [-0.3, -0.25) is 0 Å². The van der Waals surface area contributed by atoms with Crippen LogP contribution in [0.2, 0.25) is 0 Å². The van der Waals surface area contributed by atoms with Crippen LogP contribution in [0.25, 0.3) is 0 Å². The maximum absolute atomic E-state index is 13.2. The van der Waals surface area contributed by atoms with Crippen LogP contribution in [0.1, 0.15) is 52.7 Å². The van der Waals surface area contributed by atoms with Crippen LogP contribution >= 0.6 is 0 Å². The second-order valence-electron chi connectivity index (χ2n) is 7.49. The molecule has 23 heavy (non-hydrogen) atoms. The van der Waals surface area contributed by atoms with E-state index in [-0.39, 0.29) is 11.0 Å². The smallest absolute Gasteiger partial charge is 0.399 e. The molecule has 0 spiro atoms. The van der Waals surface area contributed by atoms with E-state index in [1.54, 1.807) is 0 Å². The van der Waals surface area contributed by atoms with E-state index in [1.807, 2.05) is 27.7 Å². The highest BCUT2D eigenvalue weighted by Crippen LogP contribution is 2.37. The molecule has 0 amide bonds. The second kappa shape index (κ2) is 5.23. The van der Waals surface area contributed by atoms with Gasteiger partial charge < -0.3 is 14.4 Å². The van der Waals surface area contributed by atoms with E-state index in [2.05, 4.69) is 0 Å². The van der Waals surface area contributed by atoms with Crippen LogP contribution in [0, 0.1) is 0 Å². The van der Waals surface area contributed by atoms with Gasteiger partial charge in [0.05, 0.1) is 22.4 Å². The minimum absolute atomic E-state index is 0.164. The Morgan fingerprint density at radius 3 is 1.74 bits per heavy atom. The van der Waals surface area contributed by atoms with E-state index in [4.69, 9.17) is 9.31 Å². The summed E-state index contributed by atoms with van der Waals surface area (Å²) in [5, 5.41) is 10.1. The van der Waals surface area contributed by atoms with Gasteiger partial charge in [0.25, 0.3) is 0 Å². The number of rotatable bonds is 2. The van der Waals surface area contributed by atoms with E-state index in [0.717, 1.165) is 12.1 Å². The van der Waals surface area contributed by atoms with Crippen molar-refractivity contribution in [1.82, 2.24) is 0 Å². The Bertz CT molecular complexity index is 555. The summed E-state index contributed by atoms with van der Waals surface area (Å²) >= 11 is 0. The van der Waals surface area contributed by atoms with Gasteiger partial charge in [-0.1, -0.05) is 12.1 Å². The third-order valence-electron chi connectivity index (χ3n) is 4.51. The molecule has 0 bridgehead atoms. The number of aliphatic hydroxyl groups is 1. The van der Waals surface area contributed by atoms with Crippen LogP contribution < -0.4 is 5.46 Å². The van der Waals surface area contributed by atoms with Crippen molar-refractivity contribution in [2.45, 2.75) is 64.5 Å². The first-order valence-electron chi connectivity index (χ1n) is 7.44. The fraction of sp³-hybridized carbons (Fsp3) is 0.625. The second-order valence-corrected chi connectivity index (χ2v) is 7.49. The summed E-state index contributed by atoms with van der Waals surface area (Å²) in [6.07, 6.45) is -4.51. The minimum atomic E-state index is -4.51. The largest absolute Gasteiger partial charge is 0.494 e. The Balaban J connectivity index is 2.51. The zero-order chi connectivity index (χ0) is 17.8. The highest BCUT2D eigenvalue weighted by molar-refractivity contribution is 6.62. The van der Waals surface area contributed by atoms with Crippen LogP contribution in [0.5, 0.6) is 0 Å². The molecule has 128 valence electrons. The van der Waals surface area contributed by atoms with Gasteiger partial charge in [0.15, 0.2) is 0 Å². The zero-order valence-electron chi connectivity index (χ0n) is 14.2. The number of alkyl halides is 3. The lowest BCUT2D eigenvalue weighted by Gasteiger charge is -2.32. The average Bonchev–Trinajstić information content (AvgIpc) is 2.56. The summed E-state index contributed by atoms with van der Waals surface area (Å²) in [6.45, 7) is 10.2. The van der Waals surface area contributed by atoms with Gasteiger partial charge in [-0.05, 0) is 58.6 Å². The first-order chi connectivity index (χ1) is 10.1. The molecule has 1 aromatic rings. The molecule has 1 saturated heterocycles. The number of halogens is 3. The highest BCUT2D eigenvalue weighted by atomic mass is 19.4. The molecule has 1 fully saturated rings. The van der Waals surface area contributed by atoms with Crippen molar-refractivity contribution in [2.75, 3.05) is 0 Å². The van der Waals surface area contributed by atoms with Crippen LogP contribution in [0.4, 0.5) is 13.2 Å². The molecule has 0 aromatic heterocycles. The van der Waals surface area contributed by atoms with Crippen molar-refractivity contribution >= 4 is 12.6 Å². The standard InChI is InChI=1S/C16H22BF3O3/c1-13(2,21)10-7-11(16(18,19)20)9-12(8-10)17-22-14(3,4)15(5,6)23-17/h7-9,21H,1-6H3. The maximum Gasteiger partial charge on any atom is 0.494 e. The fourth-order valence-corrected chi connectivity index (χ4v) is 2.28. The Morgan fingerprint density at radius 2 is 1.35 bits per heavy atom. The molecule has 1 N–H and O–H groups in total. The number of hydrogen-bond donors (Lipinski definition) is 1. The fourth-order valence-electron chi connectivity index (χ4n) is 2.28. The molecular formula is C16H22BF3O3. The number of hydrogen-bond acceptors (Lipinski definition) is 3. The molecule has 7 heteroatoms. The predicted octanol–water partition coefficient (Wildman–Crippen LogP) is 3.23. The van der Waals surface area contributed by atoms with Crippen molar-refractivity contribution in [3.05, 3.63) is 29.3 Å². The third-order valence-corrected chi connectivity index (χ3v) is 4.51. The predicted molar refractivity (Wildman–Crippen MR) is 82.4 cm³/mol. The highest BCUT2D eigenvalue weighted by Gasteiger charge is 2.52. The van der Waals surface area contributed by atoms with Crippen molar-refractivity contribution < 1.29 is 27.6 Å². The van der Waals surface area contributed by atoms with Crippen LogP contribution in [-0.4, -0.2) is 23.4 Å². The Morgan fingerprint density at radius 1 is 0.913 bits per heavy atom. The van der Waals surface area contributed by atoms with Crippen molar-refractivity contribution in [1.29, 1.82) is 0 Å². The Hall–Kier alpha value is -1.05. The van der Waals surface area contributed by atoms with E-state index < -0.39 is 35.7 Å². The summed E-state index contributed by atoms with van der Waals surface area (Å²) in [6, 6.07) is 3.46. The average molecular weight is 330 g/mol. The zero-order valence-corrected chi connectivity index (χ0v) is 14.2. The Kier molecular flexibility index (Phi) is 4.16. The quantitative estimate of drug-likeness (QED) is 0.846. The molecular weight excluding hydrogens is 308 g/mol. The molecule has 1 aliphatic rings. The van der Waals surface area contributed by atoms with Gasteiger partial charge in [-0.15, -0.1) is 0 Å². The summed E-state index contributed by atoms with van der Waals surface area (Å²) in [5.74, 6) is 0. The first-order valence-corrected chi connectivity index (χ1v) is 7.44. The van der Waals surface area contributed by atoms with E-state index >= 15 is 0 Å². The van der Waals surface area contributed by atoms with E-state index in [9.17, 15) is 18.3 Å². The van der Waals surface area contributed by atoms with Gasteiger partial charge in [0, 0.05) is 0 Å². The topological polar surface area (TPSA) is 38.7 Å². The molecule has 0 radical (unpaired) electrons. The van der Waals surface area contributed by atoms with Crippen molar-refractivity contribution in [2.24, 2.45) is 0 Å². The van der Waals surface area contributed by atoms with Gasteiger partial charge >= 0.3 is 13.3 Å². The molecule has 1 heterocycles. The van der Waals surface area contributed by atoms with E-state index in [1.165, 1.54) is 19.9 Å². The Labute approximate surface area is 134 Å². The van der Waals surface area contributed by atoms with Crippen molar-refractivity contribution in [3.63, 3.8) is 0 Å². The summed E-state index contributed by atoms with van der Waals surface area (Å²) < 4.78 is 51.1. The summed E-state index contributed by atoms with van der Waals surface area (Å²) in [5.41, 5.74) is -3.13. The summed E-state index contributed by atoms with van der Waals surface area (Å²) in [4.78, 5) is 0. The lowest BCUT2D eigenvalue weighted by Crippen LogP contribution is -2.41. The van der Waals surface area contributed by atoms with Crippen LogP contribution in [-0.2, 0) is 21.1 Å². The molecule has 1 aliphatic heterocycles. The molecule has 0 aliphatic carbocycles. The van der Waals surface area contributed by atoms with Crippen LogP contribution in [0.3, 0.4) is 0 Å². The summed E-state index contributed by atoms with van der Waals surface area (Å²) in [7, 11) is -0.914.